The number of hydrogen-bond donors (Lipinski definition) is 0. The molecule has 792 valence electrons. The zero-order valence-corrected chi connectivity index (χ0v) is 101. The van der Waals surface area contributed by atoms with Crippen LogP contribution in [0.3, 0.4) is 0 Å². The number of hydrogen-bond acceptors (Lipinski definition) is 19. The molecule has 11 rings (SSSR count). The third-order valence-electron chi connectivity index (χ3n) is 22.9. The van der Waals surface area contributed by atoms with Crippen LogP contribution >= 0.6 is 0 Å². The van der Waals surface area contributed by atoms with E-state index in [4.69, 9.17) is 0 Å². The lowest BCUT2D eigenvalue weighted by Crippen LogP contribution is -2.17. The van der Waals surface area contributed by atoms with E-state index in [2.05, 4.69) is 543 Å². The van der Waals surface area contributed by atoms with E-state index >= 15 is 0 Å². The summed E-state index contributed by atoms with van der Waals surface area (Å²) in [6.45, 7) is 119. The van der Waals surface area contributed by atoms with Crippen LogP contribution in [0, 0.1) is 0 Å². The fraction of sp³-hybridized carbons (Fsp3) is 0.621. The van der Waals surface area contributed by atoms with Crippen molar-refractivity contribution in [2.24, 2.45) is 0 Å². The van der Waals surface area contributed by atoms with Crippen LogP contribution in [-0.2, 0) is 59.6 Å². The molecule has 11 aromatic rings. The van der Waals surface area contributed by atoms with Gasteiger partial charge in [-0.3, -0.25) is 29.9 Å². The van der Waals surface area contributed by atoms with Crippen molar-refractivity contribution < 1.29 is 0 Å². The van der Waals surface area contributed by atoms with Crippen LogP contribution in [0.5, 0.6) is 0 Å². The molecule has 19 nitrogen and oxygen atoms in total. The molecule has 0 unspecified atom stereocenters. The van der Waals surface area contributed by atoms with E-state index in [1.165, 1.54) is 56.2 Å². The first-order chi connectivity index (χ1) is 65.0. The quantitative estimate of drug-likeness (QED) is 0.117. The minimum absolute atomic E-state index is 0.00653. The molecule has 0 saturated carbocycles. The summed E-state index contributed by atoms with van der Waals surface area (Å²) in [5.74, 6) is 8.95. The molecule has 0 aliphatic carbocycles. The van der Waals surface area contributed by atoms with E-state index in [9.17, 15) is 0 Å². The first-order valence-corrected chi connectivity index (χ1v) is 52.5. The largest absolute Gasteiger partial charge is 0.264 e. The second-order valence-electron chi connectivity index (χ2n) is 52.5. The minimum Gasteiger partial charge on any atom is -0.264 e. The lowest BCUT2D eigenvalue weighted by molar-refractivity contribution is 0.531. The lowest BCUT2D eigenvalue weighted by atomic mass is 9.86. The van der Waals surface area contributed by atoms with Crippen LogP contribution in [0.4, 0.5) is 0 Å². The summed E-state index contributed by atoms with van der Waals surface area (Å²) in [5.41, 5.74) is 22.8. The molecule has 0 spiro atoms. The Hall–Kier alpha value is -9.91. The molecule has 0 aliphatic heterocycles. The normalized spacial score (nSPS) is 12.2. The third-order valence-corrected chi connectivity index (χ3v) is 22.9. The van der Waals surface area contributed by atoms with Crippen LogP contribution in [0.2, 0.25) is 0 Å². The molecule has 0 bridgehead atoms. The first kappa shape index (κ1) is 131. The van der Waals surface area contributed by atoms with Gasteiger partial charge in [-0.2, -0.15) is 20.4 Å². The summed E-state index contributed by atoms with van der Waals surface area (Å²) in [6.07, 6.45) is 22.1. The molecule has 11 heterocycles. The van der Waals surface area contributed by atoms with E-state index in [1.54, 1.807) is 12.7 Å². The van der Waals surface area contributed by atoms with Gasteiger partial charge in [-0.1, -0.05) is 393 Å². The Morgan fingerprint density at radius 2 is 0.573 bits per heavy atom. The molecular formula is C124H201N19. The van der Waals surface area contributed by atoms with Gasteiger partial charge < -0.3 is 0 Å². The topological polar surface area (TPSA) is 245 Å². The summed E-state index contributed by atoms with van der Waals surface area (Å²) < 4.78 is 0. The van der Waals surface area contributed by atoms with Gasteiger partial charge in [-0.15, -0.1) is 0 Å². The maximum Gasteiger partial charge on any atom is 0.137 e. The molecule has 11 aromatic heterocycles. The Morgan fingerprint density at radius 1 is 0.189 bits per heavy atom. The Kier molecular flexibility index (Phi) is 52.5. The maximum absolute atomic E-state index is 4.64. The van der Waals surface area contributed by atoms with Gasteiger partial charge in [0, 0.05) is 150 Å². The summed E-state index contributed by atoms with van der Waals surface area (Å²) in [5, 5.41) is 16.3. The monoisotopic (exact) mass is 1960 g/mol. The summed E-state index contributed by atoms with van der Waals surface area (Å²) in [7, 11) is 0. The number of aromatic nitrogens is 19. The second kappa shape index (κ2) is 57.3. The maximum atomic E-state index is 4.64. The Morgan fingerprint density at radius 3 is 1.03 bits per heavy atom. The van der Waals surface area contributed by atoms with Crippen molar-refractivity contribution in [3.8, 4) is 0 Å². The molecule has 0 fully saturated rings. The van der Waals surface area contributed by atoms with Crippen molar-refractivity contribution in [2.45, 2.75) is 505 Å². The van der Waals surface area contributed by atoms with E-state index in [0.717, 1.165) is 68.8 Å². The number of nitrogens with zero attached hydrogens (tertiary/aromatic N) is 19. The zero-order chi connectivity index (χ0) is 111. The zero-order valence-electron chi connectivity index (χ0n) is 101. The van der Waals surface area contributed by atoms with Gasteiger partial charge in [0.2, 0.25) is 0 Å². The molecule has 0 N–H and O–H groups in total. The highest BCUT2D eigenvalue weighted by molar-refractivity contribution is 5.30. The second-order valence-corrected chi connectivity index (χ2v) is 52.5. The van der Waals surface area contributed by atoms with Gasteiger partial charge in [-0.25, -0.2) is 44.9 Å². The number of pyridine rings is 4. The van der Waals surface area contributed by atoms with E-state index < -0.39 is 0 Å². The summed E-state index contributed by atoms with van der Waals surface area (Å²) in [6, 6.07) is 27.6. The van der Waals surface area contributed by atoms with Crippen LogP contribution < -0.4 is 0 Å². The fourth-order valence-corrected chi connectivity index (χ4v) is 12.2. The van der Waals surface area contributed by atoms with E-state index in [1.807, 2.05) is 74.1 Å². The van der Waals surface area contributed by atoms with Crippen molar-refractivity contribution in [1.29, 1.82) is 0 Å². The molecule has 0 amide bonds. The first-order valence-electron chi connectivity index (χ1n) is 52.5. The van der Waals surface area contributed by atoms with Gasteiger partial charge in [-0.05, 0) is 170 Å². The van der Waals surface area contributed by atoms with E-state index in [0.29, 0.717) is 65.1 Å². The SMILES string of the molecule is CC(C)c1cc(C(C)(C)C)ccn1.CC(C)c1cc(C(C)(C)C)cnn1.CC(C)c1cc(C(C)(C)C)ncn1.CC(C)c1cccc(C(C)(C)C)n1.CC(C)c1ccnc(C(C)(C)C)c1.CC(C)c1ccnc(C(C)(C)C)n1.CC(C)c1cncc(C(C)(C)C)c1.CC(C)c1cncc(C(C)(C)C)n1.CC(C)c1cnnc(C(C)(C)C)c1.CC(C)c1nccc(C(C)(C)C)n1.CC(C)c1ncnc(C(C)(C)C)n1. The predicted molar refractivity (Wildman–Crippen MR) is 610 cm³/mol. The highest BCUT2D eigenvalue weighted by Gasteiger charge is 2.26. The summed E-state index contributed by atoms with van der Waals surface area (Å²) >= 11 is 0. The summed E-state index contributed by atoms with van der Waals surface area (Å²) in [4.78, 5) is 65.3. The van der Waals surface area contributed by atoms with Crippen molar-refractivity contribution >= 4 is 0 Å². The van der Waals surface area contributed by atoms with Crippen molar-refractivity contribution in [1.82, 2.24) is 95.2 Å². The molecule has 0 aliphatic rings. The van der Waals surface area contributed by atoms with Crippen molar-refractivity contribution in [2.75, 3.05) is 0 Å². The molecule has 19 heteroatoms. The van der Waals surface area contributed by atoms with Gasteiger partial charge in [0.25, 0.3) is 0 Å². The highest BCUT2D eigenvalue weighted by Crippen LogP contribution is 2.33. The predicted octanol–water partition coefficient (Wildman–Crippen LogP) is 33.7. The van der Waals surface area contributed by atoms with Crippen molar-refractivity contribution in [3.05, 3.63) is 278 Å². The Labute approximate surface area is 873 Å². The minimum atomic E-state index is 0.00653. The van der Waals surface area contributed by atoms with Crippen molar-refractivity contribution in [3.63, 3.8) is 0 Å². The van der Waals surface area contributed by atoms with Crippen LogP contribution in [0.25, 0.3) is 0 Å². The average Bonchev–Trinajstić information content (AvgIpc) is 0.908. The molecule has 0 saturated heterocycles. The average molecular weight is 1960 g/mol. The van der Waals surface area contributed by atoms with Gasteiger partial charge in [0.1, 0.15) is 36.0 Å². The van der Waals surface area contributed by atoms with Gasteiger partial charge in [0.05, 0.1) is 35.2 Å². The van der Waals surface area contributed by atoms with Crippen LogP contribution in [0.15, 0.2) is 153 Å². The van der Waals surface area contributed by atoms with Crippen LogP contribution in [-0.4, -0.2) is 95.2 Å². The third kappa shape index (κ3) is 50.6. The van der Waals surface area contributed by atoms with E-state index in [-0.39, 0.29) is 59.6 Å². The Balaban J connectivity index is 0.000000786. The highest BCUT2D eigenvalue weighted by atomic mass is 15.1. The molecule has 143 heavy (non-hydrogen) atoms. The standard InChI is InChI=1S/4C12H19N.6C11H18N2.C10H17N3/c1-9(2)10-6-11(8-13-7-10)12(3,4)5;1-9(2)11-8-10(6-7-13-11)12(3,4)5;1-9(2)10-6-7-13-11(8-10)12(3,4)5;1-9(2)10-7-6-8-11(13-10)12(3,4)5;1-8(2)9-6-12-7-10(13-9)11(3,4)5;1-8(2)9-6-10(11(3,4)5)13-7-12-9;1-8(2)10-6-9(7-12-13-10)11(3,4)5;1-8(2)9-6-10(11(3,4)5)13-12-7-9;1-8(2)10-12-7-6-9(13-10)11(3,4)5;1-8(2)9-6-7-12-10(13-9)11(3,4)5;1-7(2)8-11-6-12-9(13-8)10(3,4)5/h4*6-9H,1-5H3;6*6-8H,1-5H3;6-7H,1-5H3. The van der Waals surface area contributed by atoms with Crippen LogP contribution in [0.1, 0.15) is 571 Å². The number of rotatable bonds is 11. The van der Waals surface area contributed by atoms with Gasteiger partial charge >= 0.3 is 0 Å². The Bertz CT molecular complexity index is 4290. The molecule has 0 radical (unpaired) electrons. The van der Waals surface area contributed by atoms with Gasteiger partial charge in [0.15, 0.2) is 0 Å². The molecule has 0 atom stereocenters. The molecular weight excluding hydrogens is 1760 g/mol. The lowest BCUT2D eigenvalue weighted by Gasteiger charge is -2.19. The molecule has 0 aromatic carbocycles. The fourth-order valence-electron chi connectivity index (χ4n) is 12.2. The smallest absolute Gasteiger partial charge is 0.137 e.